The number of hydrogen-bond donors (Lipinski definition) is 3. The molecular formula is C26H27N11O4. The number of benzene rings is 1. The normalized spacial score (nSPS) is 14.1. The van der Waals surface area contributed by atoms with Gasteiger partial charge < -0.3 is 30.8 Å². The van der Waals surface area contributed by atoms with Gasteiger partial charge in [-0.3, -0.25) is 9.69 Å². The number of anilines is 2. The minimum atomic E-state index is -1.01. The molecule has 210 valence electrons. The fourth-order valence-electron chi connectivity index (χ4n) is 4.93. The first kappa shape index (κ1) is 25.9. The smallest absolute Gasteiger partial charge is 0.341 e. The number of nitrogens with two attached hydrogens (primary N) is 2. The van der Waals surface area contributed by atoms with Crippen LogP contribution in [-0.2, 0) is 11.3 Å². The van der Waals surface area contributed by atoms with Gasteiger partial charge in [-0.1, -0.05) is 0 Å². The number of ether oxygens (including phenoxy) is 1. The Morgan fingerprint density at radius 1 is 0.951 bits per heavy atom. The third-order valence-electron chi connectivity index (χ3n) is 6.95. The Bertz CT molecular complexity index is 1730. The van der Waals surface area contributed by atoms with Gasteiger partial charge in [-0.05, 0) is 36.4 Å². The molecule has 15 nitrogen and oxygen atoms in total. The third kappa shape index (κ3) is 5.17. The lowest BCUT2D eigenvalue weighted by molar-refractivity contribution is -0.139. The van der Waals surface area contributed by atoms with Gasteiger partial charge in [0.15, 0.2) is 18.1 Å². The number of carboxylic acids is 1. The molecule has 1 saturated heterocycles. The average Bonchev–Trinajstić information content (AvgIpc) is 3.59. The van der Waals surface area contributed by atoms with E-state index in [-0.39, 0.29) is 12.6 Å². The fourth-order valence-corrected chi connectivity index (χ4v) is 4.93. The average molecular weight is 558 g/mol. The van der Waals surface area contributed by atoms with Crippen molar-refractivity contribution < 1.29 is 19.4 Å². The molecule has 0 saturated carbocycles. The molecule has 41 heavy (non-hydrogen) atoms. The molecule has 0 unspecified atom stereocenters. The third-order valence-corrected chi connectivity index (χ3v) is 6.95. The number of primary amides is 1. The second-order valence-electron chi connectivity index (χ2n) is 9.50. The lowest BCUT2D eigenvalue weighted by Crippen LogP contribution is -2.47. The summed E-state index contributed by atoms with van der Waals surface area (Å²) in [6.45, 7) is 4.01. The summed E-state index contributed by atoms with van der Waals surface area (Å²) in [5.41, 5.74) is 14.3. The zero-order chi connectivity index (χ0) is 28.5. The summed E-state index contributed by atoms with van der Waals surface area (Å²) in [6.07, 6.45) is 3.20. The highest BCUT2D eigenvalue weighted by Crippen LogP contribution is 2.26. The van der Waals surface area contributed by atoms with Crippen molar-refractivity contribution in [3.05, 3.63) is 54.5 Å². The van der Waals surface area contributed by atoms with Crippen molar-refractivity contribution in [2.45, 2.75) is 6.54 Å². The molecule has 0 aliphatic carbocycles. The number of aliphatic carboxylic acids is 1. The number of carbonyl (C=O) groups is 2. The molecule has 1 aromatic carbocycles. The van der Waals surface area contributed by atoms with Gasteiger partial charge in [0.05, 0.1) is 5.39 Å². The van der Waals surface area contributed by atoms with E-state index in [0.29, 0.717) is 52.9 Å². The van der Waals surface area contributed by atoms with Crippen LogP contribution in [0.5, 0.6) is 5.75 Å². The van der Waals surface area contributed by atoms with E-state index in [2.05, 4.69) is 34.8 Å². The van der Waals surface area contributed by atoms with Crippen molar-refractivity contribution in [3.63, 3.8) is 0 Å². The number of amides is 1. The van der Waals surface area contributed by atoms with E-state index in [0.717, 1.165) is 31.9 Å². The minimum Gasteiger partial charge on any atom is -0.482 e. The summed E-state index contributed by atoms with van der Waals surface area (Å²) in [4.78, 5) is 45.2. The van der Waals surface area contributed by atoms with E-state index >= 15 is 0 Å². The molecule has 5 heterocycles. The van der Waals surface area contributed by atoms with E-state index < -0.39 is 11.9 Å². The molecule has 1 aliphatic heterocycles. The Labute approximate surface area is 233 Å². The van der Waals surface area contributed by atoms with E-state index in [1.54, 1.807) is 41.2 Å². The highest BCUT2D eigenvalue weighted by molar-refractivity contribution is 6.01. The second kappa shape index (κ2) is 10.7. The van der Waals surface area contributed by atoms with Crippen molar-refractivity contribution in [3.8, 4) is 17.4 Å². The Kier molecular flexibility index (Phi) is 6.76. The first-order chi connectivity index (χ1) is 19.9. The molecule has 0 atom stereocenters. The lowest BCUT2D eigenvalue weighted by Gasteiger charge is -2.36. The van der Waals surface area contributed by atoms with Crippen LogP contribution < -0.4 is 21.1 Å². The molecule has 1 fully saturated rings. The van der Waals surface area contributed by atoms with Gasteiger partial charge in [-0.15, -0.1) is 5.10 Å². The molecule has 0 radical (unpaired) electrons. The van der Waals surface area contributed by atoms with Crippen LogP contribution in [0.25, 0.3) is 28.3 Å². The van der Waals surface area contributed by atoms with Crippen LogP contribution in [0.2, 0.25) is 0 Å². The minimum absolute atomic E-state index is 0.116. The van der Waals surface area contributed by atoms with Crippen molar-refractivity contribution >= 4 is 40.2 Å². The van der Waals surface area contributed by atoms with E-state index in [1.165, 1.54) is 4.52 Å². The van der Waals surface area contributed by atoms with Crippen LogP contribution in [0.1, 0.15) is 10.5 Å². The molecule has 15 heteroatoms. The van der Waals surface area contributed by atoms with Crippen LogP contribution in [0.4, 0.5) is 11.6 Å². The largest absolute Gasteiger partial charge is 0.482 e. The first-order valence-corrected chi connectivity index (χ1v) is 12.9. The van der Waals surface area contributed by atoms with Crippen LogP contribution >= 0.6 is 0 Å². The summed E-state index contributed by atoms with van der Waals surface area (Å²) in [5, 5.41) is 13.8. The van der Waals surface area contributed by atoms with Gasteiger partial charge in [0.1, 0.15) is 17.1 Å². The lowest BCUT2D eigenvalue weighted by atomic mass is 10.2. The van der Waals surface area contributed by atoms with E-state index in [1.807, 2.05) is 12.1 Å². The molecule has 1 amide bonds. The van der Waals surface area contributed by atoms with Gasteiger partial charge in [0.25, 0.3) is 5.91 Å². The molecule has 5 aromatic rings. The van der Waals surface area contributed by atoms with Crippen molar-refractivity contribution in [1.82, 2.24) is 39.0 Å². The second-order valence-corrected chi connectivity index (χ2v) is 9.50. The molecule has 1 aliphatic rings. The Balaban J connectivity index is 1.17. The standard InChI is InChI=1S/C26H27N11O4/c27-21(40)19-14-18-24(32-26(28)37-25(18)31-23(33-37)22-29-6-1-7-30-22)36(19)13-10-34-8-11-35(12-9-34)16-2-4-17(5-3-16)41-15-20(38)39/h1-7,14H,8-13,15H2,(H2,27,40)(H2,28,32)(H,38,39). The number of hydrogen-bond acceptors (Lipinski definition) is 11. The van der Waals surface area contributed by atoms with Crippen molar-refractivity contribution in [2.75, 3.05) is 50.0 Å². The number of aromatic nitrogens is 7. The highest BCUT2D eigenvalue weighted by Gasteiger charge is 2.23. The van der Waals surface area contributed by atoms with Gasteiger partial charge in [-0.25, -0.2) is 19.7 Å². The Morgan fingerprint density at radius 2 is 1.68 bits per heavy atom. The van der Waals surface area contributed by atoms with Gasteiger partial charge in [0, 0.05) is 57.3 Å². The highest BCUT2D eigenvalue weighted by atomic mass is 16.5. The Hall–Kier alpha value is -5.31. The summed E-state index contributed by atoms with van der Waals surface area (Å²) < 4.78 is 8.41. The summed E-state index contributed by atoms with van der Waals surface area (Å²) in [7, 11) is 0. The van der Waals surface area contributed by atoms with Crippen molar-refractivity contribution in [1.29, 1.82) is 0 Å². The maximum Gasteiger partial charge on any atom is 0.341 e. The van der Waals surface area contributed by atoms with Crippen LogP contribution in [-0.4, -0.2) is 95.3 Å². The first-order valence-electron chi connectivity index (χ1n) is 12.9. The topological polar surface area (TPSA) is 196 Å². The van der Waals surface area contributed by atoms with Crippen LogP contribution in [0, 0.1) is 0 Å². The maximum absolute atomic E-state index is 12.4. The fraction of sp³-hybridized carbons (Fsp3) is 0.269. The molecule has 6 rings (SSSR count). The maximum atomic E-state index is 12.4. The van der Waals surface area contributed by atoms with Gasteiger partial charge in [0.2, 0.25) is 11.8 Å². The monoisotopic (exact) mass is 557 g/mol. The van der Waals surface area contributed by atoms with Crippen LogP contribution in [0.3, 0.4) is 0 Å². The van der Waals surface area contributed by atoms with E-state index in [9.17, 15) is 9.59 Å². The molecular weight excluding hydrogens is 530 g/mol. The number of fused-ring (bicyclic) bond motifs is 3. The number of rotatable bonds is 9. The molecule has 4 aromatic heterocycles. The quantitative estimate of drug-likeness (QED) is 0.227. The van der Waals surface area contributed by atoms with Crippen LogP contribution in [0.15, 0.2) is 48.8 Å². The molecule has 0 bridgehead atoms. The van der Waals surface area contributed by atoms with E-state index in [4.69, 9.17) is 21.3 Å². The zero-order valence-electron chi connectivity index (χ0n) is 21.9. The van der Waals surface area contributed by atoms with Gasteiger partial charge in [-0.2, -0.15) is 9.50 Å². The number of nitrogens with zero attached hydrogens (tertiary/aromatic N) is 9. The SMILES string of the molecule is NC(=O)c1cc2c(nc(N)n3nc(-c4ncccn4)nc23)n1CCN1CCN(c2ccc(OCC(=O)O)cc2)CC1. The summed E-state index contributed by atoms with van der Waals surface area (Å²) in [6, 6.07) is 10.8. The summed E-state index contributed by atoms with van der Waals surface area (Å²) >= 11 is 0. The number of piperazine rings is 1. The summed E-state index contributed by atoms with van der Waals surface area (Å²) in [5.74, 6) is -0.321. The predicted molar refractivity (Wildman–Crippen MR) is 148 cm³/mol. The number of carbonyl (C=O) groups excluding carboxylic acids is 1. The van der Waals surface area contributed by atoms with Crippen molar-refractivity contribution in [2.24, 2.45) is 5.73 Å². The predicted octanol–water partition coefficient (Wildman–Crippen LogP) is 0.503. The Morgan fingerprint density at radius 3 is 2.37 bits per heavy atom. The molecule has 5 N–H and O–H groups in total. The number of carboxylic acid groups (broad SMARTS) is 1. The zero-order valence-corrected chi connectivity index (χ0v) is 21.9. The number of nitrogen functional groups attached to an aromatic ring is 1. The molecule has 0 spiro atoms. The van der Waals surface area contributed by atoms with Gasteiger partial charge >= 0.3 is 5.97 Å².